The minimum atomic E-state index is -0.788. The Morgan fingerprint density at radius 1 is 0.400 bits per heavy atom. The molecule has 0 fully saturated rings. The molecule has 0 spiro atoms. The van der Waals surface area contributed by atoms with Gasteiger partial charge in [-0.2, -0.15) is 0 Å². The number of hydrogen-bond donors (Lipinski definition) is 1. The number of aliphatic hydroxyl groups excluding tert-OH is 1. The molecule has 0 saturated heterocycles. The first-order chi connectivity index (χ1) is 29.6. The van der Waals surface area contributed by atoms with Gasteiger partial charge in [0.05, 0.1) is 6.61 Å². The van der Waals surface area contributed by atoms with Crippen molar-refractivity contribution in [2.45, 2.75) is 200 Å². The van der Waals surface area contributed by atoms with Crippen LogP contribution in [0.15, 0.2) is 122 Å². The fraction of sp³-hybridized carbons (Fsp3) is 0.600. The summed E-state index contributed by atoms with van der Waals surface area (Å²) in [6.07, 6.45) is 72.9. The van der Waals surface area contributed by atoms with E-state index in [4.69, 9.17) is 9.47 Å². The molecule has 0 aliphatic rings. The average molecular weight is 829 g/mol. The largest absolute Gasteiger partial charge is 0.462 e. The third kappa shape index (κ3) is 47.0. The van der Waals surface area contributed by atoms with Gasteiger partial charge >= 0.3 is 11.9 Å². The number of esters is 2. The second-order valence-corrected chi connectivity index (χ2v) is 15.4. The van der Waals surface area contributed by atoms with Crippen molar-refractivity contribution in [3.05, 3.63) is 122 Å². The molecule has 0 heterocycles. The van der Waals surface area contributed by atoms with E-state index in [1.165, 1.54) is 57.8 Å². The Balaban J connectivity index is 3.63. The molecule has 1 unspecified atom stereocenters. The minimum absolute atomic E-state index is 0.0816. The van der Waals surface area contributed by atoms with Gasteiger partial charge in [0, 0.05) is 12.8 Å². The Hall–Kier alpha value is -3.70. The lowest BCUT2D eigenvalue weighted by Gasteiger charge is -2.15. The lowest BCUT2D eigenvalue weighted by Crippen LogP contribution is -2.28. The monoisotopic (exact) mass is 829 g/mol. The van der Waals surface area contributed by atoms with Crippen LogP contribution in [0.2, 0.25) is 0 Å². The minimum Gasteiger partial charge on any atom is -0.462 e. The second kappa shape index (κ2) is 49.7. The van der Waals surface area contributed by atoms with Crippen LogP contribution in [0.25, 0.3) is 0 Å². The highest BCUT2D eigenvalue weighted by Crippen LogP contribution is 2.12. The molecule has 0 rings (SSSR count). The van der Waals surface area contributed by atoms with E-state index in [9.17, 15) is 14.7 Å². The third-order valence-electron chi connectivity index (χ3n) is 9.74. The van der Waals surface area contributed by atoms with E-state index in [2.05, 4.69) is 135 Å². The van der Waals surface area contributed by atoms with Crippen LogP contribution in [0.3, 0.4) is 0 Å². The number of hydrogen-bond acceptors (Lipinski definition) is 5. The SMILES string of the molecule is CC/C=C\C/C=C\C/C=C\C/C=C\C/C=C\C/C=C\C/C=C\C/C=C\C/C=C\CCCCCCCCCC(=O)OC(CO)COC(=O)CCCCCCC/C=C\CCCC. The van der Waals surface area contributed by atoms with Crippen LogP contribution in [-0.2, 0) is 19.1 Å². The van der Waals surface area contributed by atoms with Gasteiger partial charge in [-0.25, -0.2) is 0 Å². The van der Waals surface area contributed by atoms with E-state index in [1.54, 1.807) is 0 Å². The molecule has 5 nitrogen and oxygen atoms in total. The van der Waals surface area contributed by atoms with E-state index in [1.807, 2.05) is 0 Å². The van der Waals surface area contributed by atoms with E-state index in [-0.39, 0.29) is 25.2 Å². The highest BCUT2D eigenvalue weighted by atomic mass is 16.6. The molecule has 0 aromatic heterocycles. The van der Waals surface area contributed by atoms with E-state index in [0.717, 1.165) is 109 Å². The van der Waals surface area contributed by atoms with Crippen molar-refractivity contribution in [1.29, 1.82) is 0 Å². The highest BCUT2D eigenvalue weighted by Gasteiger charge is 2.16. The number of unbranched alkanes of at least 4 members (excludes halogenated alkanes) is 14. The van der Waals surface area contributed by atoms with Gasteiger partial charge in [0.15, 0.2) is 6.10 Å². The Kier molecular flexibility index (Phi) is 46.6. The van der Waals surface area contributed by atoms with Crippen molar-refractivity contribution in [2.24, 2.45) is 0 Å². The number of carbonyl (C=O) groups is 2. The lowest BCUT2D eigenvalue weighted by molar-refractivity contribution is -0.161. The molecule has 338 valence electrons. The molecule has 0 bridgehead atoms. The summed E-state index contributed by atoms with van der Waals surface area (Å²) in [5, 5.41) is 9.57. The summed E-state index contributed by atoms with van der Waals surface area (Å²) in [6, 6.07) is 0. The molecule has 0 aliphatic heterocycles. The molecule has 1 N–H and O–H groups in total. The van der Waals surface area contributed by atoms with Crippen LogP contribution in [-0.4, -0.2) is 36.4 Å². The maximum absolute atomic E-state index is 12.2. The first-order valence-corrected chi connectivity index (χ1v) is 24.1. The van der Waals surface area contributed by atoms with Gasteiger partial charge in [0.1, 0.15) is 6.61 Å². The number of ether oxygens (including phenoxy) is 2. The molecule has 0 amide bonds. The number of allylic oxidation sites excluding steroid dienone is 20. The maximum Gasteiger partial charge on any atom is 0.306 e. The van der Waals surface area contributed by atoms with Crippen LogP contribution in [0.4, 0.5) is 0 Å². The lowest BCUT2D eigenvalue weighted by atomic mass is 10.1. The molecular formula is C55H88O5. The van der Waals surface area contributed by atoms with Crippen molar-refractivity contribution < 1.29 is 24.2 Å². The van der Waals surface area contributed by atoms with Gasteiger partial charge in [-0.05, 0) is 103 Å². The van der Waals surface area contributed by atoms with Crippen molar-refractivity contribution in [3.63, 3.8) is 0 Å². The molecule has 60 heavy (non-hydrogen) atoms. The van der Waals surface area contributed by atoms with Gasteiger partial charge in [-0.3, -0.25) is 9.59 Å². The van der Waals surface area contributed by atoms with E-state index < -0.39 is 6.10 Å². The molecule has 0 radical (unpaired) electrons. The van der Waals surface area contributed by atoms with Crippen molar-refractivity contribution in [2.75, 3.05) is 13.2 Å². The first kappa shape index (κ1) is 56.3. The predicted octanol–water partition coefficient (Wildman–Crippen LogP) is 16.0. The summed E-state index contributed by atoms with van der Waals surface area (Å²) >= 11 is 0. The van der Waals surface area contributed by atoms with Crippen LogP contribution in [0.5, 0.6) is 0 Å². The quantitative estimate of drug-likeness (QED) is 0.0377. The van der Waals surface area contributed by atoms with E-state index >= 15 is 0 Å². The smallest absolute Gasteiger partial charge is 0.306 e. The van der Waals surface area contributed by atoms with Gasteiger partial charge in [0.25, 0.3) is 0 Å². The first-order valence-electron chi connectivity index (χ1n) is 24.1. The Labute approximate surface area is 369 Å². The summed E-state index contributed by atoms with van der Waals surface area (Å²) in [5.74, 6) is -0.625. The summed E-state index contributed by atoms with van der Waals surface area (Å²) in [7, 11) is 0. The molecule has 5 heteroatoms. The van der Waals surface area contributed by atoms with Crippen molar-refractivity contribution in [1.82, 2.24) is 0 Å². The molecule has 0 aromatic rings. The summed E-state index contributed by atoms with van der Waals surface area (Å²) < 4.78 is 10.6. The fourth-order valence-electron chi connectivity index (χ4n) is 6.11. The molecule has 0 aliphatic carbocycles. The second-order valence-electron chi connectivity index (χ2n) is 15.4. The predicted molar refractivity (Wildman–Crippen MR) is 260 cm³/mol. The zero-order chi connectivity index (χ0) is 43.5. The number of rotatable bonds is 42. The zero-order valence-electron chi connectivity index (χ0n) is 38.4. The summed E-state index contributed by atoms with van der Waals surface area (Å²) in [6.45, 7) is 3.95. The van der Waals surface area contributed by atoms with Crippen LogP contribution < -0.4 is 0 Å². The molecule has 0 aromatic carbocycles. The highest BCUT2D eigenvalue weighted by molar-refractivity contribution is 5.70. The van der Waals surface area contributed by atoms with Crippen LogP contribution >= 0.6 is 0 Å². The summed E-state index contributed by atoms with van der Waals surface area (Å²) in [4.78, 5) is 24.3. The van der Waals surface area contributed by atoms with Crippen molar-refractivity contribution in [3.8, 4) is 0 Å². The van der Waals surface area contributed by atoms with Gasteiger partial charge in [-0.15, -0.1) is 0 Å². The average Bonchev–Trinajstić information content (AvgIpc) is 3.25. The molecule has 0 saturated carbocycles. The number of carbonyl (C=O) groups excluding carboxylic acids is 2. The summed E-state index contributed by atoms with van der Waals surface area (Å²) in [5.41, 5.74) is 0. The molecular weight excluding hydrogens is 741 g/mol. The van der Waals surface area contributed by atoms with Crippen molar-refractivity contribution >= 4 is 11.9 Å². The Morgan fingerprint density at radius 2 is 0.717 bits per heavy atom. The van der Waals surface area contributed by atoms with Gasteiger partial charge < -0.3 is 14.6 Å². The zero-order valence-corrected chi connectivity index (χ0v) is 38.4. The number of aliphatic hydroxyl groups is 1. The normalized spacial score (nSPS) is 13.3. The maximum atomic E-state index is 12.2. The molecule has 1 atom stereocenters. The topological polar surface area (TPSA) is 72.8 Å². The van der Waals surface area contributed by atoms with Crippen LogP contribution in [0, 0.1) is 0 Å². The third-order valence-corrected chi connectivity index (χ3v) is 9.74. The standard InChI is InChI=1S/C55H88O5/c1-3-5-7-9-11-13-15-16-17-18-19-20-21-22-23-24-25-26-27-28-29-30-31-32-33-34-35-36-37-38-40-42-44-46-48-50-55(58)60-53(51-56)52-59-54(57)49-47-45-43-41-39-14-12-10-8-6-4-2/h5,7,10-13,16-17,19-20,22-23,25-26,28-29,31-32,34-35,53,56H,3-4,6,8-9,14-15,18,21,24,27,30,33,36-52H2,1-2H3/b7-5-,12-10-,13-11-,17-16-,20-19-,23-22-,26-25-,29-28-,32-31-,35-34-. The van der Waals surface area contributed by atoms with Crippen LogP contribution in [0.1, 0.15) is 194 Å². The Morgan fingerprint density at radius 3 is 1.10 bits per heavy atom. The fourth-order valence-corrected chi connectivity index (χ4v) is 6.11. The Bertz CT molecular complexity index is 1260. The van der Waals surface area contributed by atoms with Gasteiger partial charge in [0.2, 0.25) is 0 Å². The van der Waals surface area contributed by atoms with E-state index in [0.29, 0.717) is 12.8 Å². The van der Waals surface area contributed by atoms with Gasteiger partial charge in [-0.1, -0.05) is 200 Å².